The zero-order valence-corrected chi connectivity index (χ0v) is 17.1. The Morgan fingerprint density at radius 2 is 1.67 bits per heavy atom. The first-order chi connectivity index (χ1) is 14.3. The van der Waals surface area contributed by atoms with Crippen molar-refractivity contribution < 1.29 is 31.8 Å². The van der Waals surface area contributed by atoms with Crippen molar-refractivity contribution in [2.45, 2.75) is 45.1 Å². The third-order valence-corrected chi connectivity index (χ3v) is 4.47. The van der Waals surface area contributed by atoms with Crippen LogP contribution >= 0.6 is 0 Å². The second-order valence-electron chi connectivity index (χ2n) is 6.94. The van der Waals surface area contributed by atoms with Gasteiger partial charge in [-0.15, -0.1) is 0 Å². The molecule has 0 aliphatic carbocycles. The van der Waals surface area contributed by atoms with Gasteiger partial charge in [-0.05, 0) is 69.1 Å². The Kier molecular flexibility index (Phi) is 9.89. The summed E-state index contributed by atoms with van der Waals surface area (Å²) in [5.74, 6) is 0.849. The van der Waals surface area contributed by atoms with Crippen molar-refractivity contribution in [2.75, 3.05) is 20.7 Å². The van der Waals surface area contributed by atoms with Gasteiger partial charge in [0.15, 0.2) is 0 Å². The van der Waals surface area contributed by atoms with Gasteiger partial charge < -0.3 is 14.2 Å². The molecule has 0 bridgehead atoms. The van der Waals surface area contributed by atoms with Gasteiger partial charge >= 0.3 is 13.2 Å². The highest BCUT2D eigenvalue weighted by Gasteiger charge is 2.17. The van der Waals surface area contributed by atoms with Crippen LogP contribution in [0.4, 0.5) is 17.6 Å². The Labute approximate surface area is 174 Å². The maximum absolute atomic E-state index is 12.5. The van der Waals surface area contributed by atoms with E-state index in [9.17, 15) is 17.6 Å². The monoisotopic (exact) mass is 429 g/mol. The molecule has 0 amide bonds. The van der Waals surface area contributed by atoms with Crippen LogP contribution in [-0.2, 0) is 17.6 Å². The zero-order chi connectivity index (χ0) is 21.9. The van der Waals surface area contributed by atoms with Gasteiger partial charge in [0.25, 0.3) is 0 Å². The molecule has 0 fully saturated rings. The second kappa shape index (κ2) is 12.4. The van der Waals surface area contributed by atoms with Gasteiger partial charge in [0.05, 0.1) is 6.61 Å². The molecule has 0 heterocycles. The summed E-state index contributed by atoms with van der Waals surface area (Å²) in [5, 5.41) is 0. The van der Waals surface area contributed by atoms with Crippen molar-refractivity contribution in [1.82, 2.24) is 4.90 Å². The van der Waals surface area contributed by atoms with E-state index in [1.165, 1.54) is 6.07 Å². The summed E-state index contributed by atoms with van der Waals surface area (Å²) in [6.07, 6.45) is 1.58. The fourth-order valence-corrected chi connectivity index (χ4v) is 3.01. The lowest BCUT2D eigenvalue weighted by Gasteiger charge is -2.24. The number of hydrogen-bond acceptors (Lipinski definition) is 4. The minimum Gasteiger partial charge on any atom is -0.493 e. The van der Waals surface area contributed by atoms with Crippen molar-refractivity contribution >= 4 is 0 Å². The maximum atomic E-state index is 12.5. The molecule has 0 aliphatic rings. The van der Waals surface area contributed by atoms with E-state index in [4.69, 9.17) is 4.74 Å². The number of aryl methyl sites for hydroxylation is 2. The van der Waals surface area contributed by atoms with Crippen molar-refractivity contribution in [3.8, 4) is 11.5 Å². The summed E-state index contributed by atoms with van der Waals surface area (Å²) in [4.78, 5) is 1.60. The Hall–Kier alpha value is -2.32. The van der Waals surface area contributed by atoms with E-state index < -0.39 is 19.5 Å². The fraction of sp³-hybridized carbons (Fsp3) is 0.455. The number of halogens is 4. The number of para-hydroxylation sites is 1. The lowest BCUT2D eigenvalue weighted by Crippen LogP contribution is -2.32. The minimum absolute atomic E-state index is 0.133. The van der Waals surface area contributed by atoms with Crippen LogP contribution in [0.15, 0.2) is 48.5 Å². The molecule has 2 aromatic rings. The van der Waals surface area contributed by atoms with Crippen LogP contribution in [0, 0.1) is 0 Å². The summed E-state index contributed by atoms with van der Waals surface area (Å²) < 4.78 is 64.5. The largest absolute Gasteiger partial charge is 0.493 e. The fourth-order valence-electron chi connectivity index (χ4n) is 3.01. The van der Waals surface area contributed by atoms with Gasteiger partial charge in [-0.2, -0.15) is 17.6 Å². The van der Waals surface area contributed by atoms with E-state index in [0.717, 1.165) is 11.1 Å². The van der Waals surface area contributed by atoms with Crippen LogP contribution in [-0.4, -0.2) is 45.1 Å². The van der Waals surface area contributed by atoms with Crippen LogP contribution in [0.2, 0.25) is 0 Å². The molecule has 2 aromatic carbocycles. The molecule has 0 radical (unpaired) electrons. The quantitative estimate of drug-likeness (QED) is 0.244. The number of benzene rings is 2. The third kappa shape index (κ3) is 8.59. The Bertz CT molecular complexity index is 759. The molecule has 0 N–H and O–H groups in total. The molecule has 1 unspecified atom stereocenters. The van der Waals surface area contributed by atoms with E-state index in [1.807, 2.05) is 30.3 Å². The first kappa shape index (κ1) is 24.0. The highest BCUT2D eigenvalue weighted by atomic mass is 19.3. The molecule has 0 saturated carbocycles. The van der Waals surface area contributed by atoms with E-state index in [-0.39, 0.29) is 5.75 Å². The number of ether oxygens (including phenoxy) is 3. The van der Waals surface area contributed by atoms with E-state index in [2.05, 4.69) is 9.47 Å². The normalized spacial score (nSPS) is 12.6. The number of rotatable bonds is 13. The average molecular weight is 429 g/mol. The topological polar surface area (TPSA) is 30.9 Å². The standard InChI is InChI=1S/C22H27F4NO3/c1-27(2)20(30-22(25)26)11-6-14-28-19-10-4-3-8-17(19)13-12-16-7-5-9-18(15-16)29-21(23)24/h3-5,7-10,15,20-22H,6,11-14H2,1-2H3. The smallest absolute Gasteiger partial charge is 0.387 e. The van der Waals surface area contributed by atoms with Crippen molar-refractivity contribution in [3.63, 3.8) is 0 Å². The van der Waals surface area contributed by atoms with Crippen molar-refractivity contribution in [2.24, 2.45) is 0 Å². The maximum Gasteiger partial charge on any atom is 0.387 e. The third-order valence-electron chi connectivity index (χ3n) is 4.47. The number of hydrogen-bond donors (Lipinski definition) is 0. The second-order valence-corrected chi connectivity index (χ2v) is 6.94. The van der Waals surface area contributed by atoms with E-state index >= 15 is 0 Å². The molecule has 1 atom stereocenters. The predicted octanol–water partition coefficient (Wildman–Crippen LogP) is 5.36. The molecule has 2 rings (SSSR count). The van der Waals surface area contributed by atoms with Gasteiger partial charge in [0.1, 0.15) is 17.7 Å². The number of nitrogens with zero attached hydrogens (tertiary/aromatic N) is 1. The summed E-state index contributed by atoms with van der Waals surface area (Å²) in [7, 11) is 3.37. The van der Waals surface area contributed by atoms with Gasteiger partial charge in [0, 0.05) is 0 Å². The molecule has 166 valence electrons. The van der Waals surface area contributed by atoms with Crippen LogP contribution in [0.3, 0.4) is 0 Å². The molecule has 4 nitrogen and oxygen atoms in total. The van der Waals surface area contributed by atoms with Gasteiger partial charge in [-0.3, -0.25) is 4.90 Å². The van der Waals surface area contributed by atoms with E-state index in [1.54, 1.807) is 31.1 Å². The highest BCUT2D eigenvalue weighted by Crippen LogP contribution is 2.22. The van der Waals surface area contributed by atoms with Gasteiger partial charge in [-0.1, -0.05) is 30.3 Å². The van der Waals surface area contributed by atoms with Gasteiger partial charge in [-0.25, -0.2) is 0 Å². The molecule has 0 aliphatic heterocycles. The molecular formula is C22H27F4NO3. The summed E-state index contributed by atoms with van der Waals surface area (Å²) in [6, 6.07) is 14.2. The van der Waals surface area contributed by atoms with Crippen molar-refractivity contribution in [1.29, 1.82) is 0 Å². The SMILES string of the molecule is CN(C)C(CCCOc1ccccc1CCc1cccc(OC(F)F)c1)OC(F)F. The van der Waals surface area contributed by atoms with Crippen LogP contribution in [0.1, 0.15) is 24.0 Å². The van der Waals surface area contributed by atoms with Crippen LogP contribution in [0.25, 0.3) is 0 Å². The molecule has 0 aromatic heterocycles. The first-order valence-corrected chi connectivity index (χ1v) is 9.69. The number of alkyl halides is 4. The van der Waals surface area contributed by atoms with Crippen molar-refractivity contribution in [3.05, 3.63) is 59.7 Å². The van der Waals surface area contributed by atoms with Crippen LogP contribution in [0.5, 0.6) is 11.5 Å². The average Bonchev–Trinajstić information content (AvgIpc) is 2.68. The summed E-state index contributed by atoms with van der Waals surface area (Å²) >= 11 is 0. The molecular weight excluding hydrogens is 402 g/mol. The Balaban J connectivity index is 1.87. The molecule has 0 saturated heterocycles. The minimum atomic E-state index is -2.85. The Morgan fingerprint density at radius 3 is 2.37 bits per heavy atom. The highest BCUT2D eigenvalue weighted by molar-refractivity contribution is 5.35. The predicted molar refractivity (Wildman–Crippen MR) is 106 cm³/mol. The summed E-state index contributed by atoms with van der Waals surface area (Å²) in [5.41, 5.74) is 1.85. The molecule has 8 heteroatoms. The Morgan fingerprint density at radius 1 is 0.900 bits per heavy atom. The van der Waals surface area contributed by atoms with E-state index in [0.29, 0.717) is 38.0 Å². The van der Waals surface area contributed by atoms with Gasteiger partial charge in [0.2, 0.25) is 0 Å². The molecule has 30 heavy (non-hydrogen) atoms. The lowest BCUT2D eigenvalue weighted by atomic mass is 10.0. The lowest BCUT2D eigenvalue weighted by molar-refractivity contribution is -0.198. The van der Waals surface area contributed by atoms with Crippen LogP contribution < -0.4 is 9.47 Å². The first-order valence-electron chi connectivity index (χ1n) is 9.69. The molecule has 0 spiro atoms. The summed E-state index contributed by atoms with van der Waals surface area (Å²) in [6.45, 7) is -5.30. The zero-order valence-electron chi connectivity index (χ0n) is 17.1.